The third-order valence-corrected chi connectivity index (χ3v) is 3.64. The average Bonchev–Trinajstić information content (AvgIpc) is 2.38. The van der Waals surface area contributed by atoms with E-state index in [1.165, 1.54) is 57.8 Å². The first kappa shape index (κ1) is 17.9. The van der Waals surface area contributed by atoms with E-state index < -0.39 is 0 Å². The van der Waals surface area contributed by atoms with Crippen molar-refractivity contribution in [1.82, 2.24) is 5.32 Å². The van der Waals surface area contributed by atoms with Crippen molar-refractivity contribution in [3.8, 4) is 0 Å². The Morgan fingerprint density at radius 3 is 2.06 bits per heavy atom. The molecule has 0 amide bonds. The van der Waals surface area contributed by atoms with Gasteiger partial charge in [0.2, 0.25) is 0 Å². The van der Waals surface area contributed by atoms with E-state index >= 15 is 0 Å². The Kier molecular flexibility index (Phi) is 13.3. The van der Waals surface area contributed by atoms with Gasteiger partial charge in [0.15, 0.2) is 0 Å². The molecule has 2 nitrogen and oxygen atoms in total. The molecule has 0 fully saturated rings. The number of likely N-dealkylation sites (N-methyl/N-ethyl adjacent to an activating group) is 1. The molecule has 2 heteroatoms. The molecule has 0 saturated heterocycles. The minimum atomic E-state index is 0.403. The number of unbranched alkanes of at least 4 members (excludes halogenated alkanes) is 5. The fourth-order valence-corrected chi connectivity index (χ4v) is 2.56. The summed E-state index contributed by atoms with van der Waals surface area (Å²) >= 11 is 0. The molecular formula is C16H35NO. The number of rotatable bonds is 13. The van der Waals surface area contributed by atoms with E-state index in [0.717, 1.165) is 6.61 Å². The average molecular weight is 257 g/mol. The zero-order valence-corrected chi connectivity index (χ0v) is 13.1. The van der Waals surface area contributed by atoms with Crippen molar-refractivity contribution < 1.29 is 4.74 Å². The van der Waals surface area contributed by atoms with Crippen molar-refractivity contribution >= 4 is 0 Å². The van der Waals surface area contributed by atoms with E-state index in [4.69, 9.17) is 4.74 Å². The van der Waals surface area contributed by atoms with Gasteiger partial charge in [-0.25, -0.2) is 0 Å². The van der Waals surface area contributed by atoms with Gasteiger partial charge in [-0.1, -0.05) is 58.8 Å². The third kappa shape index (κ3) is 8.93. The first-order valence-corrected chi connectivity index (χ1v) is 8.08. The van der Waals surface area contributed by atoms with Crippen LogP contribution in [0.3, 0.4) is 0 Å². The molecular weight excluding hydrogens is 222 g/mol. The molecule has 0 saturated carbocycles. The third-order valence-electron chi connectivity index (χ3n) is 3.64. The van der Waals surface area contributed by atoms with Gasteiger partial charge in [-0.2, -0.15) is 0 Å². The first-order chi connectivity index (χ1) is 8.79. The van der Waals surface area contributed by atoms with Crippen molar-refractivity contribution in [1.29, 1.82) is 0 Å². The Morgan fingerprint density at radius 2 is 1.50 bits per heavy atom. The predicted octanol–water partition coefficient (Wildman–Crippen LogP) is 4.53. The summed E-state index contributed by atoms with van der Waals surface area (Å²) in [5.74, 6) is 0. The predicted molar refractivity (Wildman–Crippen MR) is 81.2 cm³/mol. The Balaban J connectivity index is 3.77. The molecule has 0 heterocycles. The highest BCUT2D eigenvalue weighted by Gasteiger charge is 2.18. The molecule has 110 valence electrons. The number of ether oxygens (including phenoxy) is 1. The largest absolute Gasteiger partial charge is 0.377 e. The highest BCUT2D eigenvalue weighted by Crippen LogP contribution is 2.15. The smallest absolute Gasteiger partial charge is 0.0727 e. The zero-order valence-electron chi connectivity index (χ0n) is 13.1. The fourth-order valence-electron chi connectivity index (χ4n) is 2.56. The standard InChI is InChI=1S/C16H35NO/c1-5-8-9-10-11-12-14-15(17-4)16(13-6-2)18-7-3/h15-17H,5-14H2,1-4H3. The van der Waals surface area contributed by atoms with Crippen molar-refractivity contribution in [2.24, 2.45) is 0 Å². The Labute approximate surface area is 115 Å². The normalized spacial score (nSPS) is 14.7. The SMILES string of the molecule is CCCCCCCCC(NC)C(CCC)OCC. The van der Waals surface area contributed by atoms with Gasteiger partial charge in [-0.3, -0.25) is 0 Å². The van der Waals surface area contributed by atoms with Gasteiger partial charge in [-0.05, 0) is 26.8 Å². The maximum absolute atomic E-state index is 5.87. The number of hydrogen-bond acceptors (Lipinski definition) is 2. The fraction of sp³-hybridized carbons (Fsp3) is 1.00. The summed E-state index contributed by atoms with van der Waals surface area (Å²) in [6.45, 7) is 7.44. The van der Waals surface area contributed by atoms with Crippen LogP contribution in [-0.2, 0) is 4.74 Å². The van der Waals surface area contributed by atoms with Crippen LogP contribution in [0.2, 0.25) is 0 Å². The quantitative estimate of drug-likeness (QED) is 0.489. The van der Waals surface area contributed by atoms with Crippen LogP contribution < -0.4 is 5.32 Å². The maximum atomic E-state index is 5.87. The summed E-state index contributed by atoms with van der Waals surface area (Å²) in [5.41, 5.74) is 0. The second kappa shape index (κ2) is 13.4. The molecule has 2 unspecified atom stereocenters. The second-order valence-electron chi connectivity index (χ2n) is 5.23. The molecule has 0 rings (SSSR count). The summed E-state index contributed by atoms with van der Waals surface area (Å²) in [6, 6.07) is 0.538. The van der Waals surface area contributed by atoms with Crippen LogP contribution in [0.4, 0.5) is 0 Å². The summed E-state index contributed by atoms with van der Waals surface area (Å²) in [4.78, 5) is 0. The van der Waals surface area contributed by atoms with Crippen LogP contribution >= 0.6 is 0 Å². The van der Waals surface area contributed by atoms with Crippen molar-refractivity contribution in [2.75, 3.05) is 13.7 Å². The summed E-state index contributed by atoms with van der Waals surface area (Å²) in [5, 5.41) is 3.45. The van der Waals surface area contributed by atoms with E-state index in [2.05, 4.69) is 33.1 Å². The van der Waals surface area contributed by atoms with E-state index in [1.54, 1.807) is 0 Å². The van der Waals surface area contributed by atoms with Gasteiger partial charge in [0.25, 0.3) is 0 Å². The molecule has 0 aromatic rings. The lowest BCUT2D eigenvalue weighted by Crippen LogP contribution is -2.39. The maximum Gasteiger partial charge on any atom is 0.0727 e. The Bertz CT molecular complexity index is 155. The van der Waals surface area contributed by atoms with E-state index in [1.807, 2.05) is 0 Å². The molecule has 0 aliphatic rings. The lowest BCUT2D eigenvalue weighted by molar-refractivity contribution is 0.0272. The molecule has 0 aliphatic carbocycles. The van der Waals surface area contributed by atoms with Crippen LogP contribution in [0.5, 0.6) is 0 Å². The van der Waals surface area contributed by atoms with Gasteiger partial charge in [0.1, 0.15) is 0 Å². The first-order valence-electron chi connectivity index (χ1n) is 8.08. The Hall–Kier alpha value is -0.0800. The highest BCUT2D eigenvalue weighted by molar-refractivity contribution is 4.75. The van der Waals surface area contributed by atoms with Gasteiger partial charge in [0.05, 0.1) is 6.10 Å². The molecule has 1 N–H and O–H groups in total. The zero-order chi connectivity index (χ0) is 13.6. The van der Waals surface area contributed by atoms with Gasteiger partial charge >= 0.3 is 0 Å². The molecule has 0 bridgehead atoms. The van der Waals surface area contributed by atoms with Crippen molar-refractivity contribution in [3.63, 3.8) is 0 Å². The molecule has 0 radical (unpaired) electrons. The molecule has 2 atom stereocenters. The monoisotopic (exact) mass is 257 g/mol. The van der Waals surface area contributed by atoms with Crippen LogP contribution in [0.15, 0.2) is 0 Å². The molecule has 0 aliphatic heterocycles. The van der Waals surface area contributed by atoms with Crippen LogP contribution in [0, 0.1) is 0 Å². The van der Waals surface area contributed by atoms with Crippen LogP contribution in [0.25, 0.3) is 0 Å². The van der Waals surface area contributed by atoms with Crippen molar-refractivity contribution in [3.05, 3.63) is 0 Å². The van der Waals surface area contributed by atoms with Gasteiger partial charge < -0.3 is 10.1 Å². The minimum absolute atomic E-state index is 0.403. The summed E-state index contributed by atoms with van der Waals surface area (Å²) < 4.78 is 5.87. The molecule has 0 aromatic heterocycles. The highest BCUT2D eigenvalue weighted by atomic mass is 16.5. The van der Waals surface area contributed by atoms with Crippen LogP contribution in [-0.4, -0.2) is 25.8 Å². The lowest BCUT2D eigenvalue weighted by Gasteiger charge is -2.26. The van der Waals surface area contributed by atoms with Gasteiger partial charge in [0, 0.05) is 12.6 Å². The minimum Gasteiger partial charge on any atom is -0.377 e. The second-order valence-corrected chi connectivity index (χ2v) is 5.23. The van der Waals surface area contributed by atoms with Crippen molar-refractivity contribution in [2.45, 2.75) is 90.7 Å². The van der Waals surface area contributed by atoms with E-state index in [0.29, 0.717) is 12.1 Å². The van der Waals surface area contributed by atoms with E-state index in [9.17, 15) is 0 Å². The summed E-state index contributed by atoms with van der Waals surface area (Å²) in [7, 11) is 2.07. The summed E-state index contributed by atoms with van der Waals surface area (Å²) in [6.07, 6.45) is 12.3. The molecule has 18 heavy (non-hydrogen) atoms. The van der Waals surface area contributed by atoms with E-state index in [-0.39, 0.29) is 0 Å². The van der Waals surface area contributed by atoms with Crippen LogP contribution in [0.1, 0.15) is 78.6 Å². The number of hydrogen-bond donors (Lipinski definition) is 1. The number of nitrogens with one attached hydrogen (secondary N) is 1. The topological polar surface area (TPSA) is 21.3 Å². The van der Waals surface area contributed by atoms with Gasteiger partial charge in [-0.15, -0.1) is 0 Å². The lowest BCUT2D eigenvalue weighted by atomic mass is 9.99. The Morgan fingerprint density at radius 1 is 0.833 bits per heavy atom. The molecule has 0 spiro atoms. The molecule has 0 aromatic carbocycles.